The highest BCUT2D eigenvalue weighted by Crippen LogP contribution is 2.43. The third-order valence-corrected chi connectivity index (χ3v) is 8.77. The zero-order valence-corrected chi connectivity index (χ0v) is 21.4. The van der Waals surface area contributed by atoms with Crippen LogP contribution in [-0.4, -0.2) is 16.8 Å². The summed E-state index contributed by atoms with van der Waals surface area (Å²) in [5.74, 6) is 0.0199. The molecule has 0 saturated heterocycles. The molecular formula is C27H28N4O2S2. The first kappa shape index (κ1) is 23.5. The highest BCUT2D eigenvalue weighted by molar-refractivity contribution is 7.21. The molecule has 0 bridgehead atoms. The van der Waals surface area contributed by atoms with Gasteiger partial charge in [0.15, 0.2) is 0 Å². The van der Waals surface area contributed by atoms with Crippen LogP contribution in [-0.2, 0) is 19.3 Å². The zero-order chi connectivity index (χ0) is 24.7. The molecule has 0 saturated carbocycles. The van der Waals surface area contributed by atoms with Crippen molar-refractivity contribution in [3.8, 4) is 0 Å². The average Bonchev–Trinajstić information content (AvgIpc) is 3.35. The summed E-state index contributed by atoms with van der Waals surface area (Å²) in [5, 5.41) is 4.23. The summed E-state index contributed by atoms with van der Waals surface area (Å²) >= 11 is 2.73. The molecule has 1 aromatic carbocycles. The van der Waals surface area contributed by atoms with Crippen LogP contribution >= 0.6 is 22.7 Å². The molecule has 0 fully saturated rings. The van der Waals surface area contributed by atoms with Crippen LogP contribution in [0, 0.1) is 5.92 Å². The number of anilines is 2. The van der Waals surface area contributed by atoms with Gasteiger partial charge in [-0.2, -0.15) is 0 Å². The first-order valence-electron chi connectivity index (χ1n) is 11.8. The van der Waals surface area contributed by atoms with Gasteiger partial charge in [0.2, 0.25) is 0 Å². The second kappa shape index (κ2) is 9.43. The first-order valence-corrected chi connectivity index (χ1v) is 13.4. The van der Waals surface area contributed by atoms with Crippen molar-refractivity contribution in [1.29, 1.82) is 0 Å². The highest BCUT2D eigenvalue weighted by Gasteiger charge is 2.30. The number of rotatable bonds is 6. The SMILES string of the molecule is CC(C)Cc1ccc2c(N)c(C(=O)Nc3sc4c(c3C(N)=O)CCC(c3ccccc3)C4)sc2n1. The second-order valence-electron chi connectivity index (χ2n) is 9.47. The number of hydrogen-bond donors (Lipinski definition) is 3. The van der Waals surface area contributed by atoms with Crippen LogP contribution in [0.25, 0.3) is 10.2 Å². The molecule has 4 aromatic rings. The Bertz CT molecular complexity index is 1420. The Morgan fingerprint density at radius 1 is 1.14 bits per heavy atom. The van der Waals surface area contributed by atoms with Gasteiger partial charge < -0.3 is 16.8 Å². The van der Waals surface area contributed by atoms with E-state index in [9.17, 15) is 9.59 Å². The lowest BCUT2D eigenvalue weighted by Crippen LogP contribution is -2.19. The van der Waals surface area contributed by atoms with E-state index in [-0.39, 0.29) is 5.91 Å². The second-order valence-corrected chi connectivity index (χ2v) is 11.6. The van der Waals surface area contributed by atoms with E-state index in [1.807, 2.05) is 18.2 Å². The molecule has 35 heavy (non-hydrogen) atoms. The van der Waals surface area contributed by atoms with Crippen molar-refractivity contribution in [1.82, 2.24) is 4.98 Å². The fourth-order valence-electron chi connectivity index (χ4n) is 4.84. The minimum atomic E-state index is -0.514. The maximum absolute atomic E-state index is 13.3. The molecule has 3 heterocycles. The number of carbonyl (C=O) groups is 2. The van der Waals surface area contributed by atoms with Gasteiger partial charge in [-0.3, -0.25) is 9.59 Å². The highest BCUT2D eigenvalue weighted by atomic mass is 32.1. The van der Waals surface area contributed by atoms with Gasteiger partial charge in [-0.15, -0.1) is 22.7 Å². The molecule has 6 nitrogen and oxygen atoms in total. The number of thiophene rings is 2. The van der Waals surface area contributed by atoms with Gasteiger partial charge in [-0.05, 0) is 60.8 Å². The van der Waals surface area contributed by atoms with E-state index >= 15 is 0 Å². The number of nitrogen functional groups attached to an aromatic ring is 1. The quantitative estimate of drug-likeness (QED) is 0.310. The van der Waals surface area contributed by atoms with Gasteiger partial charge in [-0.1, -0.05) is 44.2 Å². The van der Waals surface area contributed by atoms with E-state index in [1.54, 1.807) is 0 Å². The number of hydrogen-bond acceptors (Lipinski definition) is 6. The molecule has 5 rings (SSSR count). The predicted molar refractivity (Wildman–Crippen MR) is 145 cm³/mol. The lowest BCUT2D eigenvalue weighted by molar-refractivity contribution is 0.100. The smallest absolute Gasteiger partial charge is 0.268 e. The summed E-state index contributed by atoms with van der Waals surface area (Å²) in [7, 11) is 0. The molecule has 8 heteroatoms. The van der Waals surface area contributed by atoms with Gasteiger partial charge in [0.25, 0.3) is 11.8 Å². The Morgan fingerprint density at radius 2 is 1.91 bits per heavy atom. The summed E-state index contributed by atoms with van der Waals surface area (Å²) in [6.07, 6.45) is 3.39. The van der Waals surface area contributed by atoms with E-state index in [2.05, 4.69) is 43.4 Å². The van der Waals surface area contributed by atoms with Crippen molar-refractivity contribution >= 4 is 55.4 Å². The summed E-state index contributed by atoms with van der Waals surface area (Å²) in [5.41, 5.74) is 16.2. The molecule has 3 aromatic heterocycles. The van der Waals surface area contributed by atoms with Gasteiger partial charge in [0.05, 0.1) is 11.3 Å². The van der Waals surface area contributed by atoms with Crippen LogP contribution < -0.4 is 16.8 Å². The average molecular weight is 505 g/mol. The van der Waals surface area contributed by atoms with E-state index < -0.39 is 5.91 Å². The normalized spacial score (nSPS) is 15.3. The Hall–Kier alpha value is -3.23. The Kier molecular flexibility index (Phi) is 6.34. The van der Waals surface area contributed by atoms with E-state index in [0.29, 0.717) is 33.0 Å². The third-order valence-electron chi connectivity index (χ3n) is 6.48. The lowest BCUT2D eigenvalue weighted by Gasteiger charge is -2.22. The number of nitrogens with zero attached hydrogens (tertiary/aromatic N) is 1. The van der Waals surface area contributed by atoms with Gasteiger partial charge in [-0.25, -0.2) is 4.98 Å². The van der Waals surface area contributed by atoms with Crippen molar-refractivity contribution < 1.29 is 9.59 Å². The molecule has 0 aliphatic heterocycles. The number of nitrogens with two attached hydrogens (primary N) is 2. The summed E-state index contributed by atoms with van der Waals surface area (Å²) in [6, 6.07) is 14.3. The molecular weight excluding hydrogens is 476 g/mol. The molecule has 1 aliphatic carbocycles. The molecule has 0 radical (unpaired) electrons. The van der Waals surface area contributed by atoms with Crippen molar-refractivity contribution in [2.75, 3.05) is 11.1 Å². The number of aromatic nitrogens is 1. The zero-order valence-electron chi connectivity index (χ0n) is 19.8. The van der Waals surface area contributed by atoms with Crippen molar-refractivity contribution in [2.45, 2.75) is 45.4 Å². The Morgan fingerprint density at radius 3 is 2.63 bits per heavy atom. The number of pyridine rings is 1. The van der Waals surface area contributed by atoms with Crippen molar-refractivity contribution in [3.63, 3.8) is 0 Å². The van der Waals surface area contributed by atoms with Gasteiger partial charge in [0.1, 0.15) is 14.7 Å². The number of carbonyl (C=O) groups excluding carboxylic acids is 2. The van der Waals surface area contributed by atoms with E-state index in [0.717, 1.165) is 52.0 Å². The van der Waals surface area contributed by atoms with Crippen LogP contribution in [0.15, 0.2) is 42.5 Å². The fraction of sp³-hybridized carbons (Fsp3) is 0.296. The summed E-state index contributed by atoms with van der Waals surface area (Å²) in [6.45, 7) is 4.29. The lowest BCUT2D eigenvalue weighted by atomic mass is 9.83. The van der Waals surface area contributed by atoms with Crippen LogP contribution in [0.3, 0.4) is 0 Å². The van der Waals surface area contributed by atoms with Crippen LogP contribution in [0.1, 0.15) is 67.9 Å². The first-order chi connectivity index (χ1) is 16.8. The third kappa shape index (κ3) is 4.56. The van der Waals surface area contributed by atoms with E-state index in [4.69, 9.17) is 16.5 Å². The monoisotopic (exact) mass is 504 g/mol. The topological polar surface area (TPSA) is 111 Å². The molecule has 1 aliphatic rings. The number of amides is 2. The van der Waals surface area contributed by atoms with Crippen LogP contribution in [0.2, 0.25) is 0 Å². The van der Waals surface area contributed by atoms with Gasteiger partial charge in [0, 0.05) is 16.0 Å². The van der Waals surface area contributed by atoms with Crippen LogP contribution in [0.5, 0.6) is 0 Å². The standard InChI is InChI=1S/C27H28N4O2S2/c1-14(2)12-17-9-11-19-22(28)23(35-26(19)30-17)25(33)31-27-21(24(29)32)18-10-8-16(13-20(18)34-27)15-6-4-3-5-7-15/h3-7,9,11,14,16H,8,10,12-13,28H2,1-2H3,(H2,29,32)(H,31,33). The fourth-order valence-corrected chi connectivity index (χ4v) is 7.18. The molecule has 5 N–H and O–H groups in total. The summed E-state index contributed by atoms with van der Waals surface area (Å²) < 4.78 is 0. The Labute approximate surface area is 212 Å². The summed E-state index contributed by atoms with van der Waals surface area (Å²) in [4.78, 5) is 32.7. The maximum Gasteiger partial charge on any atom is 0.268 e. The number of nitrogens with one attached hydrogen (secondary N) is 1. The maximum atomic E-state index is 13.3. The minimum absolute atomic E-state index is 0.336. The van der Waals surface area contributed by atoms with Crippen molar-refractivity contribution in [3.05, 3.63) is 74.6 Å². The largest absolute Gasteiger partial charge is 0.397 e. The molecule has 1 unspecified atom stereocenters. The molecule has 2 amide bonds. The Balaban J connectivity index is 1.44. The molecule has 1 atom stereocenters. The molecule has 180 valence electrons. The minimum Gasteiger partial charge on any atom is -0.397 e. The van der Waals surface area contributed by atoms with Crippen molar-refractivity contribution in [2.24, 2.45) is 11.7 Å². The predicted octanol–water partition coefficient (Wildman–Crippen LogP) is 5.76. The number of primary amides is 1. The van der Waals surface area contributed by atoms with Gasteiger partial charge >= 0.3 is 0 Å². The van der Waals surface area contributed by atoms with E-state index in [1.165, 1.54) is 28.2 Å². The number of fused-ring (bicyclic) bond motifs is 2. The molecule has 0 spiro atoms. The number of benzene rings is 1. The van der Waals surface area contributed by atoms with Crippen LogP contribution in [0.4, 0.5) is 10.7 Å².